The molecule has 0 aliphatic carbocycles. The van der Waals surface area contributed by atoms with Crippen LogP contribution in [0.5, 0.6) is 5.75 Å². The van der Waals surface area contributed by atoms with Gasteiger partial charge in [-0.3, -0.25) is 0 Å². The number of halogens is 1. The third-order valence-corrected chi connectivity index (χ3v) is 3.14. The maximum Gasteiger partial charge on any atom is 0.125 e. The van der Waals surface area contributed by atoms with Crippen molar-refractivity contribution in [3.8, 4) is 5.75 Å². The molecule has 0 unspecified atom stereocenters. The minimum Gasteiger partial charge on any atom is -0.493 e. The van der Waals surface area contributed by atoms with Crippen molar-refractivity contribution < 1.29 is 13.9 Å². The number of ether oxygens (including phenoxy) is 2. The normalized spacial score (nSPS) is 28.6. The van der Waals surface area contributed by atoms with Gasteiger partial charge < -0.3 is 14.8 Å². The summed E-state index contributed by atoms with van der Waals surface area (Å²) in [6.45, 7) is 2.17. The second kappa shape index (κ2) is 4.03. The van der Waals surface area contributed by atoms with E-state index in [1.165, 1.54) is 12.1 Å². The summed E-state index contributed by atoms with van der Waals surface area (Å²) < 4.78 is 24.6. The van der Waals surface area contributed by atoms with E-state index < -0.39 is 0 Å². The van der Waals surface area contributed by atoms with Crippen LogP contribution in [0.2, 0.25) is 0 Å². The van der Waals surface area contributed by atoms with Crippen LogP contribution in [0.4, 0.5) is 4.39 Å². The van der Waals surface area contributed by atoms with Crippen molar-refractivity contribution in [1.29, 1.82) is 0 Å². The Bertz CT molecular complexity index is 397. The highest BCUT2D eigenvalue weighted by Gasteiger charge is 2.31. The van der Waals surface area contributed by atoms with E-state index in [2.05, 4.69) is 5.32 Å². The van der Waals surface area contributed by atoms with Gasteiger partial charge in [0.1, 0.15) is 17.7 Å². The topological polar surface area (TPSA) is 30.5 Å². The van der Waals surface area contributed by atoms with E-state index in [0.29, 0.717) is 13.2 Å². The highest BCUT2D eigenvalue weighted by atomic mass is 19.1. The van der Waals surface area contributed by atoms with Crippen LogP contribution in [0.1, 0.15) is 18.1 Å². The summed E-state index contributed by atoms with van der Waals surface area (Å²) in [7, 11) is 0. The summed E-state index contributed by atoms with van der Waals surface area (Å²) in [4.78, 5) is 0. The smallest absolute Gasteiger partial charge is 0.125 e. The molecule has 1 aromatic rings. The standard InChI is InChI=1S/C12H14FNO2/c13-8-1-2-11-9(7-8)12-10(3-5-15-11)14-4-6-16-12/h1-2,7,10,12,14H,3-6H2/t10-,12-/m1/s1. The molecule has 16 heavy (non-hydrogen) atoms. The minimum absolute atomic E-state index is 0.0815. The lowest BCUT2D eigenvalue weighted by Gasteiger charge is -2.31. The summed E-state index contributed by atoms with van der Waals surface area (Å²) in [6.07, 6.45) is 0.808. The van der Waals surface area contributed by atoms with Gasteiger partial charge in [0.2, 0.25) is 0 Å². The molecule has 0 bridgehead atoms. The molecule has 3 rings (SSSR count). The molecule has 2 aliphatic heterocycles. The van der Waals surface area contributed by atoms with Gasteiger partial charge in [0.15, 0.2) is 0 Å². The van der Waals surface area contributed by atoms with E-state index in [1.54, 1.807) is 6.07 Å². The molecule has 1 saturated heterocycles. The first-order chi connectivity index (χ1) is 7.84. The van der Waals surface area contributed by atoms with Gasteiger partial charge in [0, 0.05) is 18.2 Å². The lowest BCUT2D eigenvalue weighted by atomic mass is 9.99. The average Bonchev–Trinajstić information content (AvgIpc) is 2.48. The second-order valence-electron chi connectivity index (χ2n) is 4.17. The molecule has 1 aromatic carbocycles. The highest BCUT2D eigenvalue weighted by Crippen LogP contribution is 2.35. The van der Waals surface area contributed by atoms with Crippen molar-refractivity contribution in [3.05, 3.63) is 29.6 Å². The number of rotatable bonds is 0. The van der Waals surface area contributed by atoms with Crippen molar-refractivity contribution in [2.75, 3.05) is 19.8 Å². The summed E-state index contributed by atoms with van der Waals surface area (Å²) in [5.41, 5.74) is 0.828. The van der Waals surface area contributed by atoms with Crippen LogP contribution in [-0.2, 0) is 4.74 Å². The van der Waals surface area contributed by atoms with Gasteiger partial charge in [0.25, 0.3) is 0 Å². The monoisotopic (exact) mass is 223 g/mol. The molecule has 0 spiro atoms. The largest absolute Gasteiger partial charge is 0.493 e. The van der Waals surface area contributed by atoms with Gasteiger partial charge in [0.05, 0.1) is 13.2 Å². The van der Waals surface area contributed by atoms with Crippen molar-refractivity contribution >= 4 is 0 Å². The molecule has 2 heterocycles. The number of fused-ring (bicyclic) bond motifs is 3. The number of nitrogens with one attached hydrogen (secondary N) is 1. The Kier molecular flexibility index (Phi) is 2.53. The van der Waals surface area contributed by atoms with Crippen molar-refractivity contribution in [2.24, 2.45) is 0 Å². The summed E-state index contributed by atoms with van der Waals surface area (Å²) in [5.74, 6) is 0.509. The molecule has 0 saturated carbocycles. The molecule has 0 radical (unpaired) electrons. The Labute approximate surface area is 93.6 Å². The van der Waals surface area contributed by atoms with Crippen LogP contribution >= 0.6 is 0 Å². The first-order valence-electron chi connectivity index (χ1n) is 5.62. The average molecular weight is 223 g/mol. The summed E-state index contributed by atoms with van der Waals surface area (Å²) >= 11 is 0. The van der Waals surface area contributed by atoms with Gasteiger partial charge in [-0.15, -0.1) is 0 Å². The molecule has 0 aromatic heterocycles. The van der Waals surface area contributed by atoms with Crippen LogP contribution in [0.3, 0.4) is 0 Å². The van der Waals surface area contributed by atoms with Crippen molar-refractivity contribution in [1.82, 2.24) is 5.32 Å². The fraction of sp³-hybridized carbons (Fsp3) is 0.500. The second-order valence-corrected chi connectivity index (χ2v) is 4.17. The fourth-order valence-corrected chi connectivity index (χ4v) is 2.38. The van der Waals surface area contributed by atoms with Crippen LogP contribution < -0.4 is 10.1 Å². The zero-order chi connectivity index (χ0) is 11.0. The molecular weight excluding hydrogens is 209 g/mol. The first-order valence-corrected chi connectivity index (χ1v) is 5.62. The van der Waals surface area contributed by atoms with Gasteiger partial charge in [-0.1, -0.05) is 0 Å². The highest BCUT2D eigenvalue weighted by molar-refractivity contribution is 5.37. The van der Waals surface area contributed by atoms with Crippen LogP contribution in [0, 0.1) is 5.82 Å². The van der Waals surface area contributed by atoms with E-state index in [1.807, 2.05) is 0 Å². The molecule has 86 valence electrons. The lowest BCUT2D eigenvalue weighted by Crippen LogP contribution is -2.43. The van der Waals surface area contributed by atoms with E-state index in [-0.39, 0.29) is 18.0 Å². The SMILES string of the molecule is Fc1ccc2c(c1)[C@H]1OCCN[C@@H]1CCO2. The van der Waals surface area contributed by atoms with Gasteiger partial charge in [-0.05, 0) is 24.6 Å². The molecule has 1 N–H and O–H groups in total. The third kappa shape index (κ3) is 1.68. The Morgan fingerprint density at radius 3 is 3.19 bits per heavy atom. The molecule has 2 aliphatic rings. The number of hydrogen-bond acceptors (Lipinski definition) is 3. The Morgan fingerprint density at radius 1 is 1.31 bits per heavy atom. The first kappa shape index (κ1) is 10.1. The van der Waals surface area contributed by atoms with Gasteiger partial charge >= 0.3 is 0 Å². The van der Waals surface area contributed by atoms with Crippen molar-refractivity contribution in [3.63, 3.8) is 0 Å². The molecule has 0 amide bonds. The van der Waals surface area contributed by atoms with E-state index in [0.717, 1.165) is 24.3 Å². The Morgan fingerprint density at radius 2 is 2.25 bits per heavy atom. The minimum atomic E-state index is -0.239. The van der Waals surface area contributed by atoms with Gasteiger partial charge in [-0.25, -0.2) is 4.39 Å². The number of morpholine rings is 1. The van der Waals surface area contributed by atoms with Crippen LogP contribution in [0.15, 0.2) is 18.2 Å². The zero-order valence-electron chi connectivity index (χ0n) is 8.91. The Hall–Kier alpha value is -1.13. The summed E-state index contributed by atoms with van der Waals surface area (Å²) in [6, 6.07) is 4.86. The maximum atomic E-state index is 13.3. The molecular formula is C12H14FNO2. The van der Waals surface area contributed by atoms with E-state index >= 15 is 0 Å². The van der Waals surface area contributed by atoms with E-state index in [9.17, 15) is 4.39 Å². The quantitative estimate of drug-likeness (QED) is 0.725. The van der Waals surface area contributed by atoms with Gasteiger partial charge in [-0.2, -0.15) is 0 Å². The Balaban J connectivity index is 2.02. The zero-order valence-corrected chi connectivity index (χ0v) is 8.91. The lowest BCUT2D eigenvalue weighted by molar-refractivity contribution is -0.00598. The van der Waals surface area contributed by atoms with Crippen LogP contribution in [-0.4, -0.2) is 25.8 Å². The molecule has 3 nitrogen and oxygen atoms in total. The molecule has 4 heteroatoms. The third-order valence-electron chi connectivity index (χ3n) is 3.14. The summed E-state index contributed by atoms with van der Waals surface area (Å²) in [5, 5.41) is 3.39. The number of benzene rings is 1. The maximum absolute atomic E-state index is 13.3. The van der Waals surface area contributed by atoms with Crippen LogP contribution in [0.25, 0.3) is 0 Å². The predicted molar refractivity (Wildman–Crippen MR) is 57.0 cm³/mol. The number of hydrogen-bond donors (Lipinski definition) is 1. The molecule has 2 atom stereocenters. The molecule has 1 fully saturated rings. The van der Waals surface area contributed by atoms with E-state index in [4.69, 9.17) is 9.47 Å². The fourth-order valence-electron chi connectivity index (χ4n) is 2.38. The predicted octanol–water partition coefficient (Wildman–Crippen LogP) is 1.64. The van der Waals surface area contributed by atoms with Crippen molar-refractivity contribution in [2.45, 2.75) is 18.6 Å².